The molecule has 6 nitrogen and oxygen atoms in total. The monoisotopic (exact) mass is 378 g/mol. The van der Waals surface area contributed by atoms with Gasteiger partial charge in [0.15, 0.2) is 0 Å². The maximum atomic E-state index is 12.9. The van der Waals surface area contributed by atoms with Crippen LogP contribution < -0.4 is 5.56 Å². The van der Waals surface area contributed by atoms with E-state index in [0.717, 1.165) is 50.1 Å². The molecule has 1 N–H and O–H groups in total. The molecule has 1 amide bonds. The molecule has 146 valence electrons. The van der Waals surface area contributed by atoms with Gasteiger partial charge in [0.05, 0.1) is 17.2 Å². The minimum Gasteiger partial charge on any atom is -0.339 e. The molecule has 0 bridgehead atoms. The first-order chi connectivity index (χ1) is 13.7. The van der Waals surface area contributed by atoms with E-state index in [0.29, 0.717) is 22.5 Å². The van der Waals surface area contributed by atoms with Gasteiger partial charge in [0.1, 0.15) is 11.3 Å². The second kappa shape index (κ2) is 7.08. The minimum absolute atomic E-state index is 0.0562. The molecular weight excluding hydrogens is 352 g/mol. The molecule has 1 aliphatic heterocycles. The Labute approximate surface area is 163 Å². The fraction of sp³-hybridized carbons (Fsp3) is 0.500. The molecule has 2 aromatic heterocycles. The Morgan fingerprint density at radius 2 is 1.75 bits per heavy atom. The van der Waals surface area contributed by atoms with Gasteiger partial charge in [-0.15, -0.1) is 0 Å². The third kappa shape index (κ3) is 2.91. The number of rotatable bonds is 2. The smallest absolute Gasteiger partial charge is 0.274 e. The van der Waals surface area contributed by atoms with E-state index in [1.807, 2.05) is 27.5 Å². The number of carbonyl (C=O) groups is 1. The number of amides is 1. The number of piperidine rings is 1. The molecule has 28 heavy (non-hydrogen) atoms. The van der Waals surface area contributed by atoms with Crippen molar-refractivity contribution < 1.29 is 4.79 Å². The van der Waals surface area contributed by atoms with Gasteiger partial charge < -0.3 is 9.88 Å². The lowest BCUT2D eigenvalue weighted by molar-refractivity contribution is 0.0724. The first kappa shape index (κ1) is 17.5. The predicted molar refractivity (Wildman–Crippen MR) is 109 cm³/mol. The van der Waals surface area contributed by atoms with E-state index >= 15 is 0 Å². The fourth-order valence-corrected chi connectivity index (χ4v) is 4.86. The lowest BCUT2D eigenvalue weighted by atomic mass is 9.89. The van der Waals surface area contributed by atoms with Gasteiger partial charge in [0.2, 0.25) is 0 Å². The number of aromatic nitrogens is 3. The summed E-state index contributed by atoms with van der Waals surface area (Å²) in [7, 11) is 0. The molecule has 1 aromatic carbocycles. The van der Waals surface area contributed by atoms with Gasteiger partial charge in [0.25, 0.3) is 11.5 Å². The summed E-state index contributed by atoms with van der Waals surface area (Å²) in [6.07, 6.45) is 11.0. The van der Waals surface area contributed by atoms with Crippen molar-refractivity contribution in [3.63, 3.8) is 0 Å². The lowest BCUT2D eigenvalue weighted by Crippen LogP contribution is -2.35. The average molecular weight is 378 g/mol. The van der Waals surface area contributed by atoms with Gasteiger partial charge >= 0.3 is 0 Å². The Morgan fingerprint density at radius 3 is 2.54 bits per heavy atom. The molecule has 0 radical (unpaired) electrons. The van der Waals surface area contributed by atoms with E-state index in [1.165, 1.54) is 25.7 Å². The van der Waals surface area contributed by atoms with Crippen LogP contribution >= 0.6 is 0 Å². The molecule has 0 spiro atoms. The van der Waals surface area contributed by atoms with E-state index in [2.05, 4.69) is 9.97 Å². The summed E-state index contributed by atoms with van der Waals surface area (Å²) in [6, 6.07) is 5.68. The second-order valence-electron chi connectivity index (χ2n) is 8.21. The summed E-state index contributed by atoms with van der Waals surface area (Å²) in [6.45, 7) is 1.64. The summed E-state index contributed by atoms with van der Waals surface area (Å²) in [5.74, 6) is 1.44. The van der Waals surface area contributed by atoms with Gasteiger partial charge in [-0.2, -0.15) is 0 Å². The van der Waals surface area contributed by atoms with Crippen LogP contribution in [0.1, 0.15) is 73.5 Å². The van der Waals surface area contributed by atoms with Gasteiger partial charge in [-0.05, 0) is 50.3 Å². The zero-order valence-corrected chi connectivity index (χ0v) is 16.1. The highest BCUT2D eigenvalue weighted by Crippen LogP contribution is 2.33. The van der Waals surface area contributed by atoms with Crippen molar-refractivity contribution in [1.82, 2.24) is 19.3 Å². The second-order valence-corrected chi connectivity index (χ2v) is 8.21. The summed E-state index contributed by atoms with van der Waals surface area (Å²) < 4.78 is 2.01. The van der Waals surface area contributed by atoms with Crippen molar-refractivity contribution >= 4 is 22.5 Å². The standard InChI is InChI=1S/C22H26N4O2/c27-21-19-14-23-20(15-7-3-1-4-8-15)26(19)18-10-9-16(13-17(18)24-21)22(28)25-11-5-2-6-12-25/h9-10,13-15H,1-8,11-12H2,(H,24,27). The molecule has 2 aliphatic rings. The maximum Gasteiger partial charge on any atom is 0.274 e. The molecule has 2 fully saturated rings. The number of aromatic amines is 1. The van der Waals surface area contributed by atoms with E-state index in [9.17, 15) is 9.59 Å². The molecule has 1 saturated heterocycles. The summed E-state index contributed by atoms with van der Waals surface area (Å²) in [5.41, 5.74) is 2.70. The molecular formula is C22H26N4O2. The van der Waals surface area contributed by atoms with Crippen LogP contribution in [-0.2, 0) is 0 Å². The third-order valence-electron chi connectivity index (χ3n) is 6.37. The Balaban J connectivity index is 1.61. The fourth-order valence-electron chi connectivity index (χ4n) is 4.86. The molecule has 6 heteroatoms. The maximum absolute atomic E-state index is 12.9. The molecule has 0 atom stereocenters. The molecule has 1 aliphatic carbocycles. The number of H-pyrrole nitrogens is 1. The number of nitrogens with zero attached hydrogens (tertiary/aromatic N) is 3. The normalized spacial score (nSPS) is 18.8. The number of benzene rings is 1. The molecule has 3 heterocycles. The Morgan fingerprint density at radius 1 is 1.00 bits per heavy atom. The average Bonchev–Trinajstić information content (AvgIpc) is 3.20. The van der Waals surface area contributed by atoms with Gasteiger partial charge in [-0.1, -0.05) is 19.3 Å². The predicted octanol–water partition coefficient (Wildman–Crippen LogP) is 3.85. The van der Waals surface area contributed by atoms with E-state index in [4.69, 9.17) is 0 Å². The topological polar surface area (TPSA) is 70.5 Å². The Kier molecular flexibility index (Phi) is 4.41. The zero-order chi connectivity index (χ0) is 19.1. The number of nitrogens with one attached hydrogen (secondary N) is 1. The first-order valence-electron chi connectivity index (χ1n) is 10.5. The van der Waals surface area contributed by atoms with E-state index in [-0.39, 0.29) is 11.5 Å². The summed E-state index contributed by atoms with van der Waals surface area (Å²) in [5, 5.41) is 0. The zero-order valence-electron chi connectivity index (χ0n) is 16.1. The molecule has 3 aromatic rings. The number of hydrogen-bond acceptors (Lipinski definition) is 3. The number of imidazole rings is 1. The lowest BCUT2D eigenvalue weighted by Gasteiger charge is -2.26. The van der Waals surface area contributed by atoms with Crippen molar-refractivity contribution in [2.45, 2.75) is 57.3 Å². The van der Waals surface area contributed by atoms with Crippen LogP contribution in [-0.4, -0.2) is 38.3 Å². The largest absolute Gasteiger partial charge is 0.339 e. The highest BCUT2D eigenvalue weighted by molar-refractivity contribution is 5.97. The number of likely N-dealkylation sites (tertiary alicyclic amines) is 1. The molecule has 1 saturated carbocycles. The van der Waals surface area contributed by atoms with Crippen LogP contribution in [0.25, 0.3) is 16.6 Å². The van der Waals surface area contributed by atoms with Crippen LogP contribution in [0, 0.1) is 0 Å². The van der Waals surface area contributed by atoms with Crippen molar-refractivity contribution in [3.8, 4) is 0 Å². The molecule has 5 rings (SSSR count). The van der Waals surface area contributed by atoms with Gasteiger partial charge in [-0.3, -0.25) is 14.0 Å². The summed E-state index contributed by atoms with van der Waals surface area (Å²) in [4.78, 5) is 35.0. The molecule has 0 unspecified atom stereocenters. The number of fused-ring (bicyclic) bond motifs is 3. The van der Waals surface area contributed by atoms with Crippen molar-refractivity contribution in [2.75, 3.05) is 13.1 Å². The van der Waals surface area contributed by atoms with Crippen LogP contribution in [0.2, 0.25) is 0 Å². The van der Waals surface area contributed by atoms with Gasteiger partial charge in [-0.25, -0.2) is 4.98 Å². The van der Waals surface area contributed by atoms with Crippen molar-refractivity contribution in [3.05, 3.63) is 46.1 Å². The highest BCUT2D eigenvalue weighted by Gasteiger charge is 2.23. The minimum atomic E-state index is -0.148. The van der Waals surface area contributed by atoms with Crippen molar-refractivity contribution in [2.24, 2.45) is 0 Å². The third-order valence-corrected chi connectivity index (χ3v) is 6.37. The SMILES string of the molecule is O=C(c1ccc2c(c1)[nH]c(=O)c1cnc(C3CCCCC3)n12)N1CCCCC1. The van der Waals surface area contributed by atoms with Crippen LogP contribution in [0.5, 0.6) is 0 Å². The van der Waals surface area contributed by atoms with Crippen LogP contribution in [0.15, 0.2) is 29.2 Å². The quantitative estimate of drug-likeness (QED) is 0.736. The summed E-state index contributed by atoms with van der Waals surface area (Å²) >= 11 is 0. The van der Waals surface area contributed by atoms with E-state index < -0.39 is 0 Å². The first-order valence-corrected chi connectivity index (χ1v) is 10.5. The van der Waals surface area contributed by atoms with Gasteiger partial charge in [0, 0.05) is 24.6 Å². The number of carbonyl (C=O) groups excluding carboxylic acids is 1. The van der Waals surface area contributed by atoms with Crippen LogP contribution in [0.4, 0.5) is 0 Å². The van der Waals surface area contributed by atoms with Crippen LogP contribution in [0.3, 0.4) is 0 Å². The number of hydrogen-bond donors (Lipinski definition) is 1. The highest BCUT2D eigenvalue weighted by atomic mass is 16.2. The Bertz CT molecular complexity index is 1090. The Hall–Kier alpha value is -2.63. The van der Waals surface area contributed by atoms with E-state index in [1.54, 1.807) is 6.20 Å². The van der Waals surface area contributed by atoms with Crippen molar-refractivity contribution in [1.29, 1.82) is 0 Å².